The highest BCUT2D eigenvalue weighted by atomic mass is 35.5. The summed E-state index contributed by atoms with van der Waals surface area (Å²) in [6.45, 7) is 0. The summed E-state index contributed by atoms with van der Waals surface area (Å²) in [7, 11) is 2.04. The molecule has 0 radical (unpaired) electrons. The van der Waals surface area contributed by atoms with Gasteiger partial charge < -0.3 is 5.32 Å². The van der Waals surface area contributed by atoms with Crippen LogP contribution in [0.5, 0.6) is 0 Å². The Balaban J connectivity index is 1.95. The summed E-state index contributed by atoms with van der Waals surface area (Å²) in [5.41, 5.74) is 0. The number of nitrogens with zero attached hydrogens (tertiary/aromatic N) is 2. The van der Waals surface area contributed by atoms with Crippen LogP contribution in [0.1, 0.15) is 31.7 Å². The lowest BCUT2D eigenvalue weighted by Gasteiger charge is -2.28. The first-order valence-corrected chi connectivity index (χ1v) is 5.54. The van der Waals surface area contributed by atoms with Crippen LogP contribution in [0.25, 0.3) is 0 Å². The molecule has 1 N–H and O–H groups in total. The van der Waals surface area contributed by atoms with Crippen LogP contribution in [0.4, 0.5) is 0 Å². The van der Waals surface area contributed by atoms with E-state index in [1.807, 2.05) is 17.9 Å². The summed E-state index contributed by atoms with van der Waals surface area (Å²) < 4.78 is 2.01. The van der Waals surface area contributed by atoms with Gasteiger partial charge in [0.2, 0.25) is 0 Å². The van der Waals surface area contributed by atoms with Crippen molar-refractivity contribution in [2.75, 3.05) is 7.05 Å². The van der Waals surface area contributed by atoms with E-state index in [2.05, 4.69) is 10.4 Å². The Hall–Kier alpha value is -0.540. The molecule has 0 saturated heterocycles. The fourth-order valence-corrected chi connectivity index (χ4v) is 2.29. The molecule has 0 bridgehead atoms. The van der Waals surface area contributed by atoms with Gasteiger partial charge in [0.25, 0.3) is 0 Å². The highest BCUT2D eigenvalue weighted by Gasteiger charge is 2.21. The Bertz CT molecular complexity index is 289. The van der Waals surface area contributed by atoms with Crippen molar-refractivity contribution in [3.05, 3.63) is 17.4 Å². The molecule has 1 heterocycles. The van der Waals surface area contributed by atoms with Crippen molar-refractivity contribution in [1.82, 2.24) is 15.1 Å². The molecule has 0 aliphatic heterocycles. The van der Waals surface area contributed by atoms with Gasteiger partial charge in [-0.05, 0) is 32.7 Å². The third-order valence-electron chi connectivity index (χ3n) is 3.05. The molecule has 78 valence electrons. The van der Waals surface area contributed by atoms with Crippen molar-refractivity contribution >= 4 is 11.6 Å². The standard InChI is InChI=1S/C10H16ClN3/c1-12-9-2-4-10(5-3-9)14-7-8(11)6-13-14/h6-7,9-10,12H,2-5H2,1H3. The Morgan fingerprint density at radius 2 is 2.14 bits per heavy atom. The zero-order valence-electron chi connectivity index (χ0n) is 8.41. The van der Waals surface area contributed by atoms with Crippen molar-refractivity contribution in [2.45, 2.75) is 37.8 Å². The van der Waals surface area contributed by atoms with Crippen LogP contribution in [-0.2, 0) is 0 Å². The van der Waals surface area contributed by atoms with Gasteiger partial charge in [-0.15, -0.1) is 0 Å². The van der Waals surface area contributed by atoms with Gasteiger partial charge in [0.05, 0.1) is 17.3 Å². The highest BCUT2D eigenvalue weighted by molar-refractivity contribution is 6.30. The Morgan fingerprint density at radius 1 is 1.43 bits per heavy atom. The normalized spacial score (nSPS) is 27.9. The second-order valence-corrected chi connectivity index (χ2v) is 4.37. The number of hydrogen-bond acceptors (Lipinski definition) is 2. The van der Waals surface area contributed by atoms with Crippen LogP contribution in [0, 0.1) is 0 Å². The predicted molar refractivity (Wildman–Crippen MR) is 57.6 cm³/mol. The lowest BCUT2D eigenvalue weighted by molar-refractivity contribution is 0.284. The molecule has 0 amide bonds. The second-order valence-electron chi connectivity index (χ2n) is 3.93. The van der Waals surface area contributed by atoms with Crippen molar-refractivity contribution in [3.8, 4) is 0 Å². The molecule has 4 heteroatoms. The Kier molecular flexibility index (Phi) is 3.08. The van der Waals surface area contributed by atoms with Crippen molar-refractivity contribution in [3.63, 3.8) is 0 Å². The summed E-state index contributed by atoms with van der Waals surface area (Å²) in [6.07, 6.45) is 8.50. The maximum atomic E-state index is 5.84. The van der Waals surface area contributed by atoms with E-state index < -0.39 is 0 Å². The average Bonchev–Trinajstić information content (AvgIpc) is 2.65. The number of hydrogen-bond donors (Lipinski definition) is 1. The van der Waals surface area contributed by atoms with Crippen LogP contribution in [0.15, 0.2) is 12.4 Å². The minimum absolute atomic E-state index is 0.548. The zero-order chi connectivity index (χ0) is 9.97. The summed E-state index contributed by atoms with van der Waals surface area (Å²) in [5, 5.41) is 8.32. The SMILES string of the molecule is CNC1CCC(n2cc(Cl)cn2)CC1. The summed E-state index contributed by atoms with van der Waals surface area (Å²) in [6, 6.07) is 1.24. The molecule has 1 aliphatic rings. The van der Waals surface area contributed by atoms with E-state index >= 15 is 0 Å². The van der Waals surface area contributed by atoms with Gasteiger partial charge >= 0.3 is 0 Å². The van der Waals surface area contributed by atoms with Gasteiger partial charge in [-0.2, -0.15) is 5.10 Å². The van der Waals surface area contributed by atoms with Gasteiger partial charge in [-0.25, -0.2) is 0 Å². The Labute approximate surface area is 89.4 Å². The largest absolute Gasteiger partial charge is 0.317 e. The number of halogens is 1. The van der Waals surface area contributed by atoms with E-state index in [0.29, 0.717) is 12.1 Å². The van der Waals surface area contributed by atoms with Crippen LogP contribution < -0.4 is 5.32 Å². The van der Waals surface area contributed by atoms with Crippen molar-refractivity contribution in [1.29, 1.82) is 0 Å². The van der Waals surface area contributed by atoms with Crippen LogP contribution in [0.3, 0.4) is 0 Å². The molecule has 14 heavy (non-hydrogen) atoms. The third-order valence-corrected chi connectivity index (χ3v) is 3.24. The maximum absolute atomic E-state index is 5.84. The lowest BCUT2D eigenvalue weighted by Crippen LogP contribution is -2.31. The molecule has 2 rings (SSSR count). The van der Waals surface area contributed by atoms with E-state index in [1.54, 1.807) is 6.20 Å². The van der Waals surface area contributed by atoms with Gasteiger partial charge in [-0.1, -0.05) is 11.6 Å². The summed E-state index contributed by atoms with van der Waals surface area (Å²) >= 11 is 5.84. The van der Waals surface area contributed by atoms with Gasteiger partial charge in [-0.3, -0.25) is 4.68 Å². The summed E-state index contributed by atoms with van der Waals surface area (Å²) in [5.74, 6) is 0. The smallest absolute Gasteiger partial charge is 0.0785 e. The van der Waals surface area contributed by atoms with E-state index in [4.69, 9.17) is 11.6 Å². The molecule has 0 aromatic carbocycles. The molecular formula is C10H16ClN3. The molecule has 0 unspecified atom stereocenters. The Morgan fingerprint density at radius 3 is 2.64 bits per heavy atom. The molecule has 1 fully saturated rings. The average molecular weight is 214 g/mol. The minimum atomic E-state index is 0.548. The van der Waals surface area contributed by atoms with E-state index in [-0.39, 0.29) is 0 Å². The molecule has 1 aromatic heterocycles. The molecule has 3 nitrogen and oxygen atoms in total. The number of nitrogens with one attached hydrogen (secondary N) is 1. The van der Waals surface area contributed by atoms with E-state index in [0.717, 1.165) is 5.02 Å². The van der Waals surface area contributed by atoms with Crippen LogP contribution >= 0.6 is 11.6 Å². The molecule has 1 aliphatic carbocycles. The quantitative estimate of drug-likeness (QED) is 0.817. The molecule has 1 aromatic rings. The predicted octanol–water partition coefficient (Wildman–Crippen LogP) is 2.24. The molecule has 1 saturated carbocycles. The monoisotopic (exact) mass is 213 g/mol. The van der Waals surface area contributed by atoms with Gasteiger partial charge in [0, 0.05) is 12.2 Å². The van der Waals surface area contributed by atoms with Crippen molar-refractivity contribution in [2.24, 2.45) is 0 Å². The minimum Gasteiger partial charge on any atom is -0.317 e. The van der Waals surface area contributed by atoms with E-state index in [9.17, 15) is 0 Å². The molecular weight excluding hydrogens is 198 g/mol. The fraction of sp³-hybridized carbons (Fsp3) is 0.700. The first-order chi connectivity index (χ1) is 6.79. The number of rotatable bonds is 2. The maximum Gasteiger partial charge on any atom is 0.0785 e. The van der Waals surface area contributed by atoms with Gasteiger partial charge in [0.15, 0.2) is 0 Å². The number of aromatic nitrogens is 2. The first-order valence-electron chi connectivity index (χ1n) is 5.16. The zero-order valence-corrected chi connectivity index (χ0v) is 9.17. The third kappa shape index (κ3) is 2.10. The molecule has 0 atom stereocenters. The topological polar surface area (TPSA) is 29.9 Å². The van der Waals surface area contributed by atoms with Crippen molar-refractivity contribution < 1.29 is 0 Å². The second kappa shape index (κ2) is 4.32. The molecule has 0 spiro atoms. The van der Waals surface area contributed by atoms with E-state index in [1.165, 1.54) is 25.7 Å². The summed E-state index contributed by atoms with van der Waals surface area (Å²) in [4.78, 5) is 0. The van der Waals surface area contributed by atoms with Crippen LogP contribution in [-0.4, -0.2) is 22.9 Å². The van der Waals surface area contributed by atoms with Crippen LogP contribution in [0.2, 0.25) is 5.02 Å². The first kappa shape index (κ1) is 9.99. The lowest BCUT2D eigenvalue weighted by atomic mass is 9.91. The highest BCUT2D eigenvalue weighted by Crippen LogP contribution is 2.28. The van der Waals surface area contributed by atoms with Gasteiger partial charge in [0.1, 0.15) is 0 Å². The fourth-order valence-electron chi connectivity index (χ4n) is 2.14.